The maximum Gasteiger partial charge on any atom is 0.292 e. The molecule has 0 aromatic heterocycles. The van der Waals surface area contributed by atoms with E-state index >= 15 is 0 Å². The molecule has 0 saturated carbocycles. The third-order valence-electron chi connectivity index (χ3n) is 3.22. The number of nitrogen functional groups attached to an aromatic ring is 1. The predicted octanol–water partition coefficient (Wildman–Crippen LogP) is 0.611. The lowest BCUT2D eigenvalue weighted by Crippen LogP contribution is -2.36. The Kier molecular flexibility index (Phi) is 3.66. The number of nitrogens with two attached hydrogens (primary N) is 1. The summed E-state index contributed by atoms with van der Waals surface area (Å²) >= 11 is 0. The molecule has 3 N–H and O–H groups in total. The van der Waals surface area contributed by atoms with Crippen LogP contribution in [0, 0.1) is 10.1 Å². The SMILES string of the molecule is CN1CCC(NC(=O)c2ccc(N)c([N+](=O)[O-])c2)C1. The molecule has 1 heterocycles. The lowest BCUT2D eigenvalue weighted by Gasteiger charge is -2.12. The van der Waals surface area contributed by atoms with Crippen molar-refractivity contribution in [1.82, 2.24) is 10.2 Å². The molecule has 1 fully saturated rings. The number of benzene rings is 1. The number of nitrogens with zero attached hydrogens (tertiary/aromatic N) is 2. The first kappa shape index (κ1) is 13.3. The zero-order valence-electron chi connectivity index (χ0n) is 10.6. The lowest BCUT2D eigenvalue weighted by molar-refractivity contribution is -0.383. The third-order valence-corrected chi connectivity index (χ3v) is 3.22. The van der Waals surface area contributed by atoms with Gasteiger partial charge >= 0.3 is 0 Å². The molecule has 102 valence electrons. The number of carbonyl (C=O) groups excluding carboxylic acids is 1. The van der Waals surface area contributed by atoms with Gasteiger partial charge in [0, 0.05) is 24.2 Å². The van der Waals surface area contributed by atoms with Gasteiger partial charge in [-0.2, -0.15) is 0 Å². The van der Waals surface area contributed by atoms with Gasteiger partial charge in [-0.05, 0) is 32.1 Å². The third kappa shape index (κ3) is 3.00. The van der Waals surface area contributed by atoms with Crippen molar-refractivity contribution in [3.05, 3.63) is 33.9 Å². The molecule has 1 saturated heterocycles. The predicted molar refractivity (Wildman–Crippen MR) is 70.9 cm³/mol. The van der Waals surface area contributed by atoms with E-state index in [-0.39, 0.29) is 28.9 Å². The zero-order valence-corrected chi connectivity index (χ0v) is 10.6. The average molecular weight is 264 g/mol. The number of carbonyl (C=O) groups is 1. The molecule has 1 atom stereocenters. The topological polar surface area (TPSA) is 102 Å². The molecule has 7 heteroatoms. The molecule has 1 aromatic carbocycles. The molecule has 0 bridgehead atoms. The fourth-order valence-corrected chi connectivity index (χ4v) is 2.16. The van der Waals surface area contributed by atoms with E-state index < -0.39 is 4.92 Å². The Hall–Kier alpha value is -2.15. The Labute approximate surface area is 110 Å². The number of likely N-dealkylation sites (tertiary alicyclic amines) is 1. The molecule has 1 aromatic rings. The van der Waals surface area contributed by atoms with E-state index in [0.29, 0.717) is 0 Å². The quantitative estimate of drug-likeness (QED) is 0.473. The first-order valence-corrected chi connectivity index (χ1v) is 6.00. The summed E-state index contributed by atoms with van der Waals surface area (Å²) in [7, 11) is 1.99. The molecule has 2 rings (SSSR count). The standard InChI is InChI=1S/C12H16N4O3/c1-15-5-4-9(7-15)14-12(17)8-2-3-10(13)11(6-8)16(18)19/h2-3,6,9H,4-5,7,13H2,1H3,(H,14,17). The Morgan fingerprint density at radius 1 is 1.58 bits per heavy atom. The highest BCUT2D eigenvalue weighted by Crippen LogP contribution is 2.22. The molecule has 1 aliphatic heterocycles. The summed E-state index contributed by atoms with van der Waals surface area (Å²) < 4.78 is 0. The van der Waals surface area contributed by atoms with Crippen LogP contribution in [0.4, 0.5) is 11.4 Å². The van der Waals surface area contributed by atoms with Gasteiger partial charge in [0.2, 0.25) is 0 Å². The van der Waals surface area contributed by atoms with Crippen LogP contribution in [-0.2, 0) is 0 Å². The largest absolute Gasteiger partial charge is 0.393 e. The van der Waals surface area contributed by atoms with Crippen molar-refractivity contribution < 1.29 is 9.72 Å². The number of likely N-dealkylation sites (N-methyl/N-ethyl adjacent to an activating group) is 1. The summed E-state index contributed by atoms with van der Waals surface area (Å²) in [6, 6.07) is 4.18. The van der Waals surface area contributed by atoms with Crippen molar-refractivity contribution in [2.24, 2.45) is 0 Å². The van der Waals surface area contributed by atoms with Crippen LogP contribution in [0.3, 0.4) is 0 Å². The lowest BCUT2D eigenvalue weighted by atomic mass is 10.1. The van der Waals surface area contributed by atoms with Gasteiger partial charge in [0.15, 0.2) is 0 Å². The summed E-state index contributed by atoms with van der Waals surface area (Å²) in [6.45, 7) is 1.73. The van der Waals surface area contributed by atoms with Gasteiger partial charge in [-0.25, -0.2) is 0 Å². The molecular weight excluding hydrogens is 248 g/mol. The van der Waals surface area contributed by atoms with E-state index in [1.807, 2.05) is 7.05 Å². The van der Waals surface area contributed by atoms with E-state index in [1.54, 1.807) is 0 Å². The molecule has 1 unspecified atom stereocenters. The van der Waals surface area contributed by atoms with Gasteiger partial charge in [0.1, 0.15) is 5.69 Å². The smallest absolute Gasteiger partial charge is 0.292 e. The number of nitro groups is 1. The molecule has 1 aliphatic rings. The maximum absolute atomic E-state index is 12.0. The van der Waals surface area contributed by atoms with E-state index in [0.717, 1.165) is 19.5 Å². The molecule has 0 aliphatic carbocycles. The minimum absolute atomic E-state index is 0.0575. The minimum Gasteiger partial charge on any atom is -0.393 e. The van der Waals surface area contributed by atoms with Crippen LogP contribution in [0.2, 0.25) is 0 Å². The zero-order chi connectivity index (χ0) is 14.0. The van der Waals surface area contributed by atoms with Crippen molar-refractivity contribution in [3.8, 4) is 0 Å². The van der Waals surface area contributed by atoms with Gasteiger partial charge in [-0.1, -0.05) is 0 Å². The van der Waals surface area contributed by atoms with Gasteiger partial charge < -0.3 is 16.0 Å². The highest BCUT2D eigenvalue weighted by molar-refractivity contribution is 5.95. The highest BCUT2D eigenvalue weighted by Gasteiger charge is 2.22. The van der Waals surface area contributed by atoms with Crippen LogP contribution in [0.5, 0.6) is 0 Å². The number of hydrogen-bond acceptors (Lipinski definition) is 5. The molecule has 7 nitrogen and oxygen atoms in total. The number of nitro benzene ring substituents is 1. The monoisotopic (exact) mass is 264 g/mol. The summed E-state index contributed by atoms with van der Waals surface area (Å²) in [5, 5.41) is 13.6. The normalized spacial score (nSPS) is 19.3. The van der Waals surface area contributed by atoms with Crippen LogP contribution in [0.25, 0.3) is 0 Å². The van der Waals surface area contributed by atoms with Crippen LogP contribution < -0.4 is 11.1 Å². The van der Waals surface area contributed by atoms with E-state index in [1.165, 1.54) is 18.2 Å². The van der Waals surface area contributed by atoms with Crippen molar-refractivity contribution in [1.29, 1.82) is 0 Å². The van der Waals surface area contributed by atoms with Gasteiger partial charge in [0.25, 0.3) is 11.6 Å². The van der Waals surface area contributed by atoms with E-state index in [9.17, 15) is 14.9 Å². The number of anilines is 1. The van der Waals surface area contributed by atoms with Crippen LogP contribution >= 0.6 is 0 Å². The molecule has 0 spiro atoms. The number of nitrogens with one attached hydrogen (secondary N) is 1. The Morgan fingerprint density at radius 3 is 2.89 bits per heavy atom. The Morgan fingerprint density at radius 2 is 2.32 bits per heavy atom. The van der Waals surface area contributed by atoms with Crippen LogP contribution in [0.1, 0.15) is 16.8 Å². The van der Waals surface area contributed by atoms with Crippen molar-refractivity contribution >= 4 is 17.3 Å². The Bertz CT molecular complexity index is 518. The first-order valence-electron chi connectivity index (χ1n) is 6.00. The summed E-state index contributed by atoms with van der Waals surface area (Å²) in [4.78, 5) is 24.3. The second kappa shape index (κ2) is 5.23. The number of amides is 1. The van der Waals surface area contributed by atoms with E-state index in [2.05, 4.69) is 10.2 Å². The van der Waals surface area contributed by atoms with Crippen LogP contribution in [0.15, 0.2) is 18.2 Å². The maximum atomic E-state index is 12.0. The fraction of sp³-hybridized carbons (Fsp3) is 0.417. The molecule has 19 heavy (non-hydrogen) atoms. The van der Waals surface area contributed by atoms with Crippen molar-refractivity contribution in [2.75, 3.05) is 25.9 Å². The van der Waals surface area contributed by atoms with Gasteiger partial charge in [-0.15, -0.1) is 0 Å². The first-order chi connectivity index (χ1) is 8.97. The molecule has 0 radical (unpaired) electrons. The minimum atomic E-state index is -0.588. The summed E-state index contributed by atoms with van der Waals surface area (Å²) in [5.74, 6) is -0.302. The van der Waals surface area contributed by atoms with Crippen LogP contribution in [-0.4, -0.2) is 41.9 Å². The molecular formula is C12H16N4O3. The fourth-order valence-electron chi connectivity index (χ4n) is 2.16. The second-order valence-electron chi connectivity index (χ2n) is 4.75. The summed E-state index contributed by atoms with van der Waals surface area (Å²) in [6.07, 6.45) is 0.888. The average Bonchev–Trinajstić information content (AvgIpc) is 2.74. The Balaban J connectivity index is 2.11. The van der Waals surface area contributed by atoms with E-state index in [4.69, 9.17) is 5.73 Å². The van der Waals surface area contributed by atoms with Gasteiger partial charge in [0.05, 0.1) is 4.92 Å². The van der Waals surface area contributed by atoms with Gasteiger partial charge in [-0.3, -0.25) is 14.9 Å². The second-order valence-corrected chi connectivity index (χ2v) is 4.75. The number of hydrogen-bond donors (Lipinski definition) is 2. The van der Waals surface area contributed by atoms with Crippen molar-refractivity contribution in [2.45, 2.75) is 12.5 Å². The summed E-state index contributed by atoms with van der Waals surface area (Å²) in [5.41, 5.74) is 5.57. The molecule has 1 amide bonds. The number of rotatable bonds is 3. The highest BCUT2D eigenvalue weighted by atomic mass is 16.6. The van der Waals surface area contributed by atoms with Crippen molar-refractivity contribution in [3.63, 3.8) is 0 Å².